The van der Waals surface area contributed by atoms with Gasteiger partial charge in [-0.15, -0.1) is 0 Å². The minimum absolute atomic E-state index is 0.377. The Morgan fingerprint density at radius 3 is 2.92 bits per heavy atom. The van der Waals surface area contributed by atoms with Crippen LogP contribution in [0, 0.1) is 5.92 Å². The first kappa shape index (κ1) is 16.8. The first-order valence-corrected chi connectivity index (χ1v) is 8.61. The molecule has 1 aromatic heterocycles. The van der Waals surface area contributed by atoms with E-state index >= 15 is 0 Å². The molecule has 5 nitrogen and oxygen atoms in total. The van der Waals surface area contributed by atoms with Gasteiger partial charge in [-0.25, -0.2) is 4.68 Å². The van der Waals surface area contributed by atoms with Gasteiger partial charge in [0.25, 0.3) is 0 Å². The summed E-state index contributed by atoms with van der Waals surface area (Å²) in [6.45, 7) is 6.78. The molecule has 0 fully saturated rings. The molecule has 0 aliphatic carbocycles. The summed E-state index contributed by atoms with van der Waals surface area (Å²) in [5, 5.41) is 8.18. The molecule has 0 bridgehead atoms. The van der Waals surface area contributed by atoms with Crippen molar-refractivity contribution in [1.82, 2.24) is 15.1 Å². The number of aryl methyl sites for hydroxylation is 1. The zero-order chi connectivity index (χ0) is 17.1. The zero-order valence-corrected chi connectivity index (χ0v) is 15.0. The minimum atomic E-state index is 0.377. The number of benzene rings is 1. The number of hydrogen-bond acceptors (Lipinski definition) is 4. The standard InChI is InChI=1S/C19H27N3O2/c1-13(2)18-16(19(23-4)22(3)21-18)11-20-10-14-9-15-7-5-6-8-17(15)24-12-14/h5-8,13-14,20H,9-12H2,1-4H3/t14-/m0/s1. The number of para-hydroxylation sites is 1. The predicted molar refractivity (Wildman–Crippen MR) is 94.7 cm³/mol. The Hall–Kier alpha value is -2.01. The van der Waals surface area contributed by atoms with Crippen LogP contribution >= 0.6 is 0 Å². The maximum atomic E-state index is 5.87. The lowest BCUT2D eigenvalue weighted by molar-refractivity contribution is 0.218. The summed E-state index contributed by atoms with van der Waals surface area (Å²) in [5.74, 6) is 2.74. The van der Waals surface area contributed by atoms with Crippen LogP contribution in [0.4, 0.5) is 0 Å². The maximum Gasteiger partial charge on any atom is 0.216 e. The van der Waals surface area contributed by atoms with Crippen molar-refractivity contribution in [2.24, 2.45) is 13.0 Å². The second-order valence-corrected chi connectivity index (χ2v) is 6.77. The van der Waals surface area contributed by atoms with E-state index in [1.807, 2.05) is 23.9 Å². The third kappa shape index (κ3) is 3.41. The molecule has 0 amide bonds. The van der Waals surface area contributed by atoms with Gasteiger partial charge < -0.3 is 14.8 Å². The molecule has 2 heterocycles. The van der Waals surface area contributed by atoms with E-state index in [0.717, 1.165) is 49.0 Å². The van der Waals surface area contributed by atoms with E-state index in [4.69, 9.17) is 9.47 Å². The summed E-state index contributed by atoms with van der Waals surface area (Å²) in [6.07, 6.45) is 1.06. The Kier molecular flexibility index (Phi) is 5.09. The monoisotopic (exact) mass is 329 g/mol. The van der Waals surface area contributed by atoms with Crippen molar-refractivity contribution < 1.29 is 9.47 Å². The maximum absolute atomic E-state index is 5.87. The average molecular weight is 329 g/mol. The highest BCUT2D eigenvalue weighted by molar-refractivity contribution is 5.35. The Labute approximate surface area is 144 Å². The second kappa shape index (κ2) is 7.26. The molecule has 1 atom stereocenters. The number of nitrogens with one attached hydrogen (secondary N) is 1. The molecule has 0 radical (unpaired) electrons. The Morgan fingerprint density at radius 1 is 1.38 bits per heavy atom. The van der Waals surface area contributed by atoms with Crippen molar-refractivity contribution in [2.45, 2.75) is 32.7 Å². The highest BCUT2D eigenvalue weighted by atomic mass is 16.5. The third-order valence-electron chi connectivity index (χ3n) is 4.55. The van der Waals surface area contributed by atoms with Gasteiger partial charge in [0.1, 0.15) is 5.75 Å². The van der Waals surface area contributed by atoms with Crippen LogP contribution in [0.5, 0.6) is 11.6 Å². The predicted octanol–water partition coefficient (Wildman–Crippen LogP) is 2.89. The summed E-state index contributed by atoms with van der Waals surface area (Å²) >= 11 is 0. The fourth-order valence-electron chi connectivity index (χ4n) is 3.38. The fourth-order valence-corrected chi connectivity index (χ4v) is 3.38. The van der Waals surface area contributed by atoms with Crippen LogP contribution in [0.2, 0.25) is 0 Å². The molecule has 2 aromatic rings. The van der Waals surface area contributed by atoms with E-state index in [9.17, 15) is 0 Å². The van der Waals surface area contributed by atoms with Gasteiger partial charge in [0.15, 0.2) is 0 Å². The summed E-state index contributed by atoms with van der Waals surface area (Å²) in [6, 6.07) is 8.31. The van der Waals surface area contributed by atoms with Gasteiger partial charge in [0.05, 0.1) is 25.0 Å². The van der Waals surface area contributed by atoms with Gasteiger partial charge in [-0.05, 0) is 24.0 Å². The number of fused-ring (bicyclic) bond motifs is 1. The second-order valence-electron chi connectivity index (χ2n) is 6.77. The van der Waals surface area contributed by atoms with Crippen molar-refractivity contribution in [3.05, 3.63) is 41.1 Å². The summed E-state index contributed by atoms with van der Waals surface area (Å²) in [4.78, 5) is 0. The first-order valence-electron chi connectivity index (χ1n) is 8.61. The summed E-state index contributed by atoms with van der Waals surface area (Å²) in [7, 11) is 3.64. The number of rotatable bonds is 6. The quantitative estimate of drug-likeness (QED) is 0.885. The molecule has 130 valence electrons. The summed E-state index contributed by atoms with van der Waals surface area (Å²) < 4.78 is 13.2. The highest BCUT2D eigenvalue weighted by Gasteiger charge is 2.21. The SMILES string of the molecule is COc1c(CNC[C@H]2COc3ccccc3C2)c(C(C)C)nn1C. The zero-order valence-electron chi connectivity index (χ0n) is 15.0. The van der Waals surface area contributed by atoms with Crippen LogP contribution in [-0.4, -0.2) is 30.0 Å². The van der Waals surface area contributed by atoms with Crippen LogP contribution in [0.25, 0.3) is 0 Å². The number of aromatic nitrogens is 2. The van der Waals surface area contributed by atoms with Crippen LogP contribution in [0.1, 0.15) is 36.6 Å². The molecule has 3 rings (SSSR count). The van der Waals surface area contributed by atoms with Crippen molar-refractivity contribution in [3.63, 3.8) is 0 Å². The minimum Gasteiger partial charge on any atom is -0.493 e. The van der Waals surface area contributed by atoms with Crippen molar-refractivity contribution >= 4 is 0 Å². The van der Waals surface area contributed by atoms with Crippen molar-refractivity contribution in [2.75, 3.05) is 20.3 Å². The Balaban J connectivity index is 1.61. The van der Waals surface area contributed by atoms with Crippen LogP contribution in [0.15, 0.2) is 24.3 Å². The summed E-state index contributed by atoms with van der Waals surface area (Å²) in [5.41, 5.74) is 3.57. The molecular weight excluding hydrogens is 302 g/mol. The lowest BCUT2D eigenvalue weighted by Crippen LogP contribution is -2.31. The molecule has 0 saturated heterocycles. The lowest BCUT2D eigenvalue weighted by Gasteiger charge is -2.25. The van der Waals surface area contributed by atoms with Gasteiger partial charge in [0.2, 0.25) is 5.88 Å². The van der Waals surface area contributed by atoms with Gasteiger partial charge in [-0.2, -0.15) is 5.10 Å². The van der Waals surface area contributed by atoms with Crippen LogP contribution < -0.4 is 14.8 Å². The Bertz CT molecular complexity index is 694. The third-order valence-corrected chi connectivity index (χ3v) is 4.55. The van der Waals surface area contributed by atoms with Crippen molar-refractivity contribution in [1.29, 1.82) is 0 Å². The van der Waals surface area contributed by atoms with E-state index < -0.39 is 0 Å². The highest BCUT2D eigenvalue weighted by Crippen LogP contribution is 2.28. The van der Waals surface area contributed by atoms with Gasteiger partial charge in [0, 0.05) is 26.1 Å². The molecule has 0 unspecified atom stereocenters. The topological polar surface area (TPSA) is 48.3 Å². The average Bonchev–Trinajstić information content (AvgIpc) is 2.90. The molecule has 1 aliphatic heterocycles. The fraction of sp³-hybridized carbons (Fsp3) is 0.526. The van der Waals surface area contributed by atoms with Gasteiger partial charge in [-0.3, -0.25) is 0 Å². The molecule has 1 aliphatic rings. The normalized spacial score (nSPS) is 16.8. The van der Waals surface area contributed by atoms with Crippen molar-refractivity contribution in [3.8, 4) is 11.6 Å². The molecule has 5 heteroatoms. The molecule has 1 N–H and O–H groups in total. The van der Waals surface area contributed by atoms with E-state index in [0.29, 0.717) is 11.8 Å². The number of nitrogens with zero attached hydrogens (tertiary/aromatic N) is 2. The van der Waals surface area contributed by atoms with E-state index in [1.54, 1.807) is 7.11 Å². The lowest BCUT2D eigenvalue weighted by atomic mass is 9.96. The number of methoxy groups -OCH3 is 1. The molecule has 0 spiro atoms. The molecule has 0 saturated carbocycles. The van der Waals surface area contributed by atoms with Crippen LogP contribution in [0.3, 0.4) is 0 Å². The molecule has 24 heavy (non-hydrogen) atoms. The molecular formula is C19H27N3O2. The van der Waals surface area contributed by atoms with Gasteiger partial charge in [-0.1, -0.05) is 32.0 Å². The first-order chi connectivity index (χ1) is 11.6. The van der Waals surface area contributed by atoms with E-state index in [2.05, 4.69) is 36.4 Å². The number of ether oxygens (including phenoxy) is 2. The Morgan fingerprint density at radius 2 is 2.17 bits per heavy atom. The van der Waals surface area contributed by atoms with E-state index in [-0.39, 0.29) is 0 Å². The largest absolute Gasteiger partial charge is 0.493 e. The smallest absolute Gasteiger partial charge is 0.216 e. The van der Waals surface area contributed by atoms with Gasteiger partial charge >= 0.3 is 0 Å². The molecule has 1 aromatic carbocycles. The van der Waals surface area contributed by atoms with E-state index in [1.165, 1.54) is 5.56 Å². The van der Waals surface area contributed by atoms with Crippen LogP contribution in [-0.2, 0) is 20.0 Å². The number of hydrogen-bond donors (Lipinski definition) is 1.